The van der Waals surface area contributed by atoms with E-state index >= 15 is 0 Å². The van der Waals surface area contributed by atoms with Crippen molar-refractivity contribution >= 4 is 5.91 Å². The van der Waals surface area contributed by atoms with Gasteiger partial charge in [-0.3, -0.25) is 14.8 Å². The van der Waals surface area contributed by atoms with E-state index in [0.29, 0.717) is 49.8 Å². The first-order valence-corrected chi connectivity index (χ1v) is 8.33. The van der Waals surface area contributed by atoms with Crippen molar-refractivity contribution in [3.63, 3.8) is 0 Å². The molecule has 0 radical (unpaired) electrons. The lowest BCUT2D eigenvalue weighted by molar-refractivity contribution is 0.0754. The van der Waals surface area contributed by atoms with Gasteiger partial charge in [0.15, 0.2) is 11.5 Å². The lowest BCUT2D eigenvalue weighted by atomic mass is 10.0. The molecule has 4 rings (SSSR count). The summed E-state index contributed by atoms with van der Waals surface area (Å²) in [6.07, 6.45) is 4.95. The molecule has 7 nitrogen and oxygen atoms in total. The molecule has 1 saturated heterocycles. The summed E-state index contributed by atoms with van der Waals surface area (Å²) in [5.41, 5.74) is 1.29. The first kappa shape index (κ1) is 15.8. The van der Waals surface area contributed by atoms with E-state index in [9.17, 15) is 9.90 Å². The fourth-order valence-electron chi connectivity index (χ4n) is 3.34. The van der Waals surface area contributed by atoms with Crippen LogP contribution in [0.3, 0.4) is 0 Å². The first-order chi connectivity index (χ1) is 12.2. The van der Waals surface area contributed by atoms with Crippen LogP contribution in [-0.2, 0) is 6.42 Å². The number of carbonyl (C=O) groups is 1. The highest BCUT2D eigenvalue weighted by molar-refractivity contribution is 5.98. The molecule has 0 saturated carbocycles. The fourth-order valence-corrected chi connectivity index (χ4v) is 3.34. The molecule has 1 fully saturated rings. The average molecular weight is 341 g/mol. The van der Waals surface area contributed by atoms with Crippen LogP contribution in [0, 0.1) is 5.92 Å². The zero-order chi connectivity index (χ0) is 17.2. The van der Waals surface area contributed by atoms with Gasteiger partial charge >= 0.3 is 0 Å². The van der Waals surface area contributed by atoms with Gasteiger partial charge in [-0.05, 0) is 18.6 Å². The van der Waals surface area contributed by atoms with E-state index in [1.165, 1.54) is 0 Å². The maximum atomic E-state index is 12.9. The van der Waals surface area contributed by atoms with E-state index < -0.39 is 6.10 Å². The summed E-state index contributed by atoms with van der Waals surface area (Å²) >= 11 is 0. The monoisotopic (exact) mass is 341 g/mol. The summed E-state index contributed by atoms with van der Waals surface area (Å²) in [4.78, 5) is 22.9. The molecule has 0 bridgehead atoms. The summed E-state index contributed by atoms with van der Waals surface area (Å²) in [6, 6.07) is 5.31. The summed E-state index contributed by atoms with van der Waals surface area (Å²) in [5.74, 6) is 0.874. The van der Waals surface area contributed by atoms with Crippen LogP contribution in [0.1, 0.15) is 16.1 Å². The highest BCUT2D eigenvalue weighted by Gasteiger charge is 2.36. The number of rotatable bonds is 3. The van der Waals surface area contributed by atoms with Gasteiger partial charge in [-0.15, -0.1) is 0 Å². The Labute approximate surface area is 145 Å². The lowest BCUT2D eigenvalue weighted by Crippen LogP contribution is -2.30. The van der Waals surface area contributed by atoms with Crippen molar-refractivity contribution in [2.75, 3.05) is 26.3 Å². The van der Waals surface area contributed by atoms with Gasteiger partial charge in [0, 0.05) is 37.6 Å². The minimum atomic E-state index is -0.581. The number of nitrogens with zero attached hydrogens (tertiary/aromatic N) is 3. The molecular weight excluding hydrogens is 322 g/mol. The van der Waals surface area contributed by atoms with Crippen molar-refractivity contribution in [1.82, 2.24) is 14.9 Å². The van der Waals surface area contributed by atoms with Crippen LogP contribution in [0.2, 0.25) is 0 Å². The van der Waals surface area contributed by atoms with Gasteiger partial charge in [0.2, 0.25) is 0 Å². The molecule has 130 valence electrons. The number of ether oxygens (including phenoxy) is 2. The fraction of sp³-hybridized carbons (Fsp3) is 0.389. The van der Waals surface area contributed by atoms with E-state index in [1.807, 2.05) is 0 Å². The van der Waals surface area contributed by atoms with E-state index in [1.54, 1.807) is 41.7 Å². The number of fused-ring (bicyclic) bond motifs is 1. The number of aliphatic hydroxyl groups excluding tert-OH is 1. The molecule has 0 spiro atoms. The van der Waals surface area contributed by atoms with E-state index in [2.05, 4.69) is 9.97 Å². The Kier molecular flexibility index (Phi) is 4.23. The molecule has 1 N–H and O–H groups in total. The van der Waals surface area contributed by atoms with E-state index in [0.717, 1.165) is 5.69 Å². The number of amides is 1. The number of likely N-dealkylation sites (tertiary alicyclic amines) is 1. The zero-order valence-electron chi connectivity index (χ0n) is 13.7. The van der Waals surface area contributed by atoms with Crippen molar-refractivity contribution in [3.8, 4) is 11.5 Å². The zero-order valence-corrected chi connectivity index (χ0v) is 13.7. The maximum Gasteiger partial charge on any atom is 0.257 e. The van der Waals surface area contributed by atoms with Crippen LogP contribution in [0.15, 0.2) is 36.8 Å². The van der Waals surface area contributed by atoms with Gasteiger partial charge in [0.05, 0.1) is 17.4 Å². The molecule has 25 heavy (non-hydrogen) atoms. The Hall–Kier alpha value is -2.67. The number of hydrogen-bond acceptors (Lipinski definition) is 6. The SMILES string of the molecule is O=C(c1cccc2c1OCCO2)N1CC(O)C(Cc2cnccn2)C1. The van der Waals surface area contributed by atoms with Crippen LogP contribution < -0.4 is 9.47 Å². The quantitative estimate of drug-likeness (QED) is 0.894. The molecule has 3 heterocycles. The highest BCUT2D eigenvalue weighted by Crippen LogP contribution is 2.35. The summed E-state index contributed by atoms with van der Waals surface area (Å²) in [6.45, 7) is 1.68. The minimum absolute atomic E-state index is 0.0580. The summed E-state index contributed by atoms with van der Waals surface area (Å²) in [7, 11) is 0. The third-order valence-electron chi connectivity index (χ3n) is 4.58. The second-order valence-corrected chi connectivity index (χ2v) is 6.27. The number of para-hydroxylation sites is 1. The molecule has 7 heteroatoms. The lowest BCUT2D eigenvalue weighted by Gasteiger charge is -2.23. The van der Waals surface area contributed by atoms with Gasteiger partial charge in [-0.25, -0.2) is 0 Å². The number of benzene rings is 1. The molecule has 0 aliphatic carbocycles. The average Bonchev–Trinajstić information content (AvgIpc) is 3.02. The van der Waals surface area contributed by atoms with E-state index in [4.69, 9.17) is 9.47 Å². The molecule has 1 amide bonds. The van der Waals surface area contributed by atoms with Crippen molar-refractivity contribution in [3.05, 3.63) is 48.0 Å². The number of aliphatic hydroxyl groups is 1. The minimum Gasteiger partial charge on any atom is -0.486 e. The van der Waals surface area contributed by atoms with Gasteiger partial charge in [0.1, 0.15) is 13.2 Å². The molecule has 1 aromatic heterocycles. The van der Waals surface area contributed by atoms with Gasteiger partial charge in [-0.1, -0.05) is 6.07 Å². The molecule has 2 unspecified atom stereocenters. The van der Waals surface area contributed by atoms with Crippen LogP contribution in [0.25, 0.3) is 0 Å². The van der Waals surface area contributed by atoms with E-state index in [-0.39, 0.29) is 11.8 Å². The smallest absolute Gasteiger partial charge is 0.257 e. The number of carbonyl (C=O) groups excluding carboxylic acids is 1. The Morgan fingerprint density at radius 3 is 2.96 bits per heavy atom. The Bertz CT molecular complexity index is 768. The van der Waals surface area contributed by atoms with Crippen molar-refractivity contribution in [2.24, 2.45) is 5.92 Å². The van der Waals surface area contributed by atoms with Gasteiger partial charge in [-0.2, -0.15) is 0 Å². The number of hydrogen-bond donors (Lipinski definition) is 1. The maximum absolute atomic E-state index is 12.9. The number of aromatic nitrogens is 2. The summed E-state index contributed by atoms with van der Waals surface area (Å²) < 4.78 is 11.2. The van der Waals surface area contributed by atoms with Crippen LogP contribution >= 0.6 is 0 Å². The largest absolute Gasteiger partial charge is 0.486 e. The van der Waals surface area contributed by atoms with Gasteiger partial charge in [0.25, 0.3) is 5.91 Å². The van der Waals surface area contributed by atoms with Crippen molar-refractivity contribution in [1.29, 1.82) is 0 Å². The molecule has 2 aliphatic heterocycles. The Balaban J connectivity index is 1.50. The van der Waals surface area contributed by atoms with Crippen molar-refractivity contribution < 1.29 is 19.4 Å². The predicted molar refractivity (Wildman–Crippen MR) is 88.6 cm³/mol. The van der Waals surface area contributed by atoms with Gasteiger partial charge < -0.3 is 19.5 Å². The second kappa shape index (κ2) is 6.68. The van der Waals surface area contributed by atoms with Crippen LogP contribution in [0.4, 0.5) is 0 Å². The first-order valence-electron chi connectivity index (χ1n) is 8.33. The predicted octanol–water partition coefficient (Wildman–Crippen LogP) is 0.923. The third-order valence-corrected chi connectivity index (χ3v) is 4.58. The third kappa shape index (κ3) is 3.15. The Morgan fingerprint density at radius 2 is 2.12 bits per heavy atom. The van der Waals surface area contributed by atoms with Crippen LogP contribution in [0.5, 0.6) is 11.5 Å². The molecule has 1 aromatic carbocycles. The molecule has 2 aromatic rings. The standard InChI is InChI=1S/C18H19N3O4/c22-15-11-21(10-12(15)8-13-9-19-4-5-20-13)18(23)14-2-1-3-16-17(14)25-7-6-24-16/h1-5,9,12,15,22H,6-8,10-11H2. The van der Waals surface area contributed by atoms with Crippen molar-refractivity contribution in [2.45, 2.75) is 12.5 Å². The molecule has 2 atom stereocenters. The van der Waals surface area contributed by atoms with Crippen LogP contribution in [-0.4, -0.2) is 58.3 Å². The second-order valence-electron chi connectivity index (χ2n) is 6.27. The summed E-state index contributed by atoms with van der Waals surface area (Å²) in [5, 5.41) is 10.4. The number of β-amino-alcohol motifs (C(OH)–C–C–N with tert-alkyl or cyclic N) is 1. The highest BCUT2D eigenvalue weighted by atomic mass is 16.6. The Morgan fingerprint density at radius 1 is 1.24 bits per heavy atom. The molecule has 2 aliphatic rings. The molecular formula is C18H19N3O4. The normalized spacial score (nSPS) is 22.0. The topological polar surface area (TPSA) is 84.8 Å².